The minimum absolute atomic E-state index is 0.170. The van der Waals surface area contributed by atoms with E-state index in [0.717, 1.165) is 86.4 Å². The third-order valence-electron chi connectivity index (χ3n) is 19.2. The fourth-order valence-electron chi connectivity index (χ4n) is 16.8. The number of aromatic nitrogens is 4. The lowest BCUT2D eigenvalue weighted by Gasteiger charge is -2.57. The molecule has 0 aliphatic heterocycles. The number of carbonyl (C=O) groups excluding carboxylic acids is 2. The fourth-order valence-corrected chi connectivity index (χ4v) is 17.1. The van der Waals surface area contributed by atoms with E-state index in [9.17, 15) is 19.8 Å². The highest BCUT2D eigenvalue weighted by Crippen LogP contribution is 2.66. The molecule has 61 heavy (non-hydrogen) atoms. The maximum absolute atomic E-state index is 13.2. The van der Waals surface area contributed by atoms with E-state index in [2.05, 4.69) is 45.1 Å². The van der Waals surface area contributed by atoms with E-state index in [-0.39, 0.29) is 22.7 Å². The minimum Gasteiger partial charge on any atom is -0.387 e. The molecule has 0 unspecified atom stereocenters. The molecule has 2 aromatic rings. The maximum Gasteiger partial charge on any atom is 0.157 e. The van der Waals surface area contributed by atoms with E-state index in [1.165, 1.54) is 70.6 Å². The first-order chi connectivity index (χ1) is 29.3. The summed E-state index contributed by atoms with van der Waals surface area (Å²) in [5, 5.41) is 32.8. The molecule has 8 saturated carbocycles. The van der Waals surface area contributed by atoms with Crippen molar-refractivity contribution >= 4 is 27.5 Å². The Labute approximate surface area is 374 Å². The number of rotatable bonds is 9. The van der Waals surface area contributed by atoms with E-state index in [1.54, 1.807) is 37.5 Å². The van der Waals surface area contributed by atoms with Gasteiger partial charge in [-0.25, -0.2) is 0 Å². The van der Waals surface area contributed by atoms with Crippen LogP contribution in [0.25, 0.3) is 0 Å². The molecule has 8 fully saturated rings. The molecule has 2 heterocycles. The molecule has 340 valence electrons. The first-order valence-electron chi connectivity index (χ1n) is 24.3. The van der Waals surface area contributed by atoms with Gasteiger partial charge in [-0.1, -0.05) is 29.8 Å². The summed E-state index contributed by atoms with van der Waals surface area (Å²) in [5.41, 5.74) is -0.788. The molecule has 0 spiro atoms. The number of alkyl halides is 1. The smallest absolute Gasteiger partial charge is 0.157 e. The predicted octanol–water partition coefficient (Wildman–Crippen LogP) is 9.10. The maximum atomic E-state index is 13.2. The lowest BCUT2D eigenvalue weighted by molar-refractivity contribution is -0.136. The number of nitrogens with zero attached hydrogens (tertiary/aromatic N) is 3. The Hall–Kier alpha value is -1.92. The number of carbonyl (C=O) groups is 2. The van der Waals surface area contributed by atoms with Crippen molar-refractivity contribution in [1.29, 1.82) is 0 Å². The molecule has 8 aliphatic rings. The van der Waals surface area contributed by atoms with Crippen molar-refractivity contribution in [3.05, 3.63) is 36.9 Å². The molecular weight excluding hydrogens is 832 g/mol. The first kappa shape index (κ1) is 45.6. The Bertz CT molecular complexity index is 1730. The van der Waals surface area contributed by atoms with Crippen LogP contribution in [0.1, 0.15) is 129 Å². The minimum atomic E-state index is -0.608. The zero-order chi connectivity index (χ0) is 43.0. The zero-order valence-corrected chi connectivity index (χ0v) is 39.3. The molecule has 0 saturated heterocycles. The van der Waals surface area contributed by atoms with Crippen molar-refractivity contribution in [2.45, 2.75) is 147 Å². The topological polar surface area (TPSA) is 140 Å². The van der Waals surface area contributed by atoms with Crippen LogP contribution in [0, 0.1) is 81.8 Å². The van der Waals surface area contributed by atoms with Crippen molar-refractivity contribution in [2.24, 2.45) is 81.8 Å². The zero-order valence-electron chi connectivity index (χ0n) is 37.7. The lowest BCUT2D eigenvalue weighted by Crippen LogP contribution is -2.52. The molecule has 0 amide bonds. The second-order valence-electron chi connectivity index (χ2n) is 22.1. The van der Waals surface area contributed by atoms with Gasteiger partial charge < -0.3 is 19.7 Å². The number of halogens is 1. The van der Waals surface area contributed by atoms with Crippen LogP contribution in [0.3, 0.4) is 0 Å². The average molecular weight is 910 g/mol. The molecule has 0 radical (unpaired) electrons. The number of nitrogens with one attached hydrogen (secondary N) is 1. The molecular formula is C50H77BrN4O6. The van der Waals surface area contributed by atoms with Gasteiger partial charge in [0.2, 0.25) is 0 Å². The highest BCUT2D eigenvalue weighted by atomic mass is 79.9. The van der Waals surface area contributed by atoms with Gasteiger partial charge in [0.15, 0.2) is 5.78 Å². The van der Waals surface area contributed by atoms with Gasteiger partial charge >= 0.3 is 0 Å². The van der Waals surface area contributed by atoms with Gasteiger partial charge in [0.05, 0.1) is 36.3 Å². The van der Waals surface area contributed by atoms with Gasteiger partial charge in [-0.15, -0.1) is 0 Å². The van der Waals surface area contributed by atoms with Crippen molar-refractivity contribution in [3.8, 4) is 0 Å². The number of methoxy groups -OCH3 is 2. The molecule has 8 aliphatic carbocycles. The molecule has 11 heteroatoms. The van der Waals surface area contributed by atoms with Gasteiger partial charge in [-0.3, -0.25) is 19.4 Å². The van der Waals surface area contributed by atoms with Crippen LogP contribution in [-0.4, -0.2) is 85.7 Å². The lowest BCUT2D eigenvalue weighted by atomic mass is 9.49. The van der Waals surface area contributed by atoms with Crippen LogP contribution in [0.4, 0.5) is 0 Å². The molecule has 3 N–H and O–H groups in total. The third-order valence-corrected chi connectivity index (χ3v) is 19.8. The largest absolute Gasteiger partial charge is 0.387 e. The van der Waals surface area contributed by atoms with Crippen LogP contribution in [-0.2, 0) is 25.6 Å². The fraction of sp³-hybridized carbons (Fsp3) is 0.840. The van der Waals surface area contributed by atoms with Crippen molar-refractivity contribution in [2.75, 3.05) is 32.8 Å². The van der Waals surface area contributed by atoms with Crippen molar-refractivity contribution < 1.29 is 29.3 Å². The summed E-state index contributed by atoms with van der Waals surface area (Å²) in [4.78, 5) is 25.7. The Kier molecular flexibility index (Phi) is 14.1. The van der Waals surface area contributed by atoms with E-state index in [1.807, 2.05) is 18.3 Å². The van der Waals surface area contributed by atoms with E-state index >= 15 is 0 Å². The van der Waals surface area contributed by atoms with Crippen LogP contribution < -0.4 is 0 Å². The van der Waals surface area contributed by atoms with E-state index in [0.29, 0.717) is 54.4 Å². The SMILES string of the molecule is COC[C@@]1(O)CC[C@H]2[C@H](CC[C@@H]3[C@@H]2CC[C@]2(C)[C@@H](C(=O)CBr)CC[C@@H]32)C1.COC[C@@]1(O)CC[C@H]2[C@H](CC[C@@H]3[C@@H]2CC[C@]2(C)[C@@H](C(=O)Cn4cccn4)CC[C@@H]32)C1.c1cn[nH]c1. The van der Waals surface area contributed by atoms with Gasteiger partial charge in [0, 0.05) is 50.8 Å². The number of aromatic amines is 1. The molecule has 2 aromatic heterocycles. The van der Waals surface area contributed by atoms with Gasteiger partial charge in [0.1, 0.15) is 5.78 Å². The summed E-state index contributed by atoms with van der Waals surface area (Å²) >= 11 is 3.42. The van der Waals surface area contributed by atoms with Crippen molar-refractivity contribution in [3.63, 3.8) is 0 Å². The second-order valence-corrected chi connectivity index (χ2v) is 22.6. The van der Waals surface area contributed by atoms with Crippen LogP contribution >= 0.6 is 15.9 Å². The number of ether oxygens (including phenoxy) is 2. The summed E-state index contributed by atoms with van der Waals surface area (Å²) in [7, 11) is 3.40. The average Bonchev–Trinajstić information content (AvgIpc) is 4.09. The highest BCUT2D eigenvalue weighted by molar-refractivity contribution is 9.09. The summed E-state index contributed by atoms with van der Waals surface area (Å²) in [6.45, 7) is 6.25. The summed E-state index contributed by atoms with van der Waals surface area (Å²) in [5.74, 6) is 8.86. The number of hydrogen-bond acceptors (Lipinski definition) is 8. The van der Waals surface area contributed by atoms with E-state index in [4.69, 9.17) is 9.47 Å². The number of Topliss-reactive ketones (excluding diaryl/α,β-unsaturated/α-hetero) is 2. The molecule has 0 aromatic carbocycles. The van der Waals surface area contributed by atoms with Gasteiger partial charge in [0.25, 0.3) is 0 Å². The summed E-state index contributed by atoms with van der Waals surface area (Å²) < 4.78 is 12.4. The van der Waals surface area contributed by atoms with Crippen LogP contribution in [0.5, 0.6) is 0 Å². The molecule has 10 nitrogen and oxygen atoms in total. The number of fused-ring (bicyclic) bond motifs is 10. The Balaban J connectivity index is 0.000000152. The first-order valence-corrected chi connectivity index (χ1v) is 25.4. The second kappa shape index (κ2) is 18.9. The number of aliphatic hydroxyl groups is 2. The number of H-pyrrole nitrogens is 1. The molecule has 16 atom stereocenters. The molecule has 0 bridgehead atoms. The third kappa shape index (κ3) is 9.05. The Morgan fingerprint density at radius 1 is 0.672 bits per heavy atom. The number of hydrogen-bond donors (Lipinski definition) is 3. The Morgan fingerprint density at radius 3 is 1.62 bits per heavy atom. The van der Waals surface area contributed by atoms with Crippen molar-refractivity contribution in [1.82, 2.24) is 20.0 Å². The van der Waals surface area contributed by atoms with Gasteiger partial charge in [-0.2, -0.15) is 10.2 Å². The number of ketones is 2. The molecule has 10 rings (SSSR count). The monoisotopic (exact) mass is 909 g/mol. The highest BCUT2D eigenvalue weighted by Gasteiger charge is 2.60. The summed E-state index contributed by atoms with van der Waals surface area (Å²) in [6, 6.07) is 3.73. The van der Waals surface area contributed by atoms with Crippen LogP contribution in [0.15, 0.2) is 36.9 Å². The normalized spacial score (nSPS) is 44.6. The quantitative estimate of drug-likeness (QED) is 0.212. The Morgan fingerprint density at radius 2 is 1.20 bits per heavy atom. The predicted molar refractivity (Wildman–Crippen MR) is 239 cm³/mol. The summed E-state index contributed by atoms with van der Waals surface area (Å²) in [6.07, 6.45) is 27.8. The van der Waals surface area contributed by atoms with E-state index < -0.39 is 11.2 Å². The standard InChI is InChI=1S/C25H38N2O3.C22H35BrO3.C3H4N2/c1-24-10-8-19-18-9-11-25(29,16-30-2)14-17(18)4-5-20(19)21(24)6-7-22(24)23(28)15-27-13-3-12-26-27;1-21-9-7-16-15-8-10-22(25,13-26-2)11-14(15)3-4-17(16)18(21)5-6-19(21)20(24)12-23;1-2-4-5-3-1/h3,12-13,17-22,29H,4-11,14-16H2,1-2H3;14-19,25H,3-13H2,1-2H3;1-3H,(H,4,5)/t17-,18+,19-,20-,21+,22-,24+,25-;14-,15+,16-,17-,18+,19-,21+,22-;/m11./s1. The van der Waals surface area contributed by atoms with Gasteiger partial charge in [-0.05, 0) is 198 Å². The van der Waals surface area contributed by atoms with Crippen LogP contribution in [0.2, 0.25) is 0 Å².